The van der Waals surface area contributed by atoms with E-state index in [2.05, 4.69) is 10.3 Å². The lowest BCUT2D eigenvalue weighted by atomic mass is 10.1. The lowest BCUT2D eigenvalue weighted by Crippen LogP contribution is -2.21. The fraction of sp³-hybridized carbons (Fsp3) is 0.227. The number of esters is 1. The number of amides is 1. The van der Waals surface area contributed by atoms with Gasteiger partial charge in [0.15, 0.2) is 0 Å². The van der Waals surface area contributed by atoms with Gasteiger partial charge in [0.05, 0.1) is 43.3 Å². The van der Waals surface area contributed by atoms with Crippen LogP contribution in [-0.4, -0.2) is 43.9 Å². The van der Waals surface area contributed by atoms with E-state index in [0.717, 1.165) is 17.3 Å². The van der Waals surface area contributed by atoms with Crippen LogP contribution in [0.4, 0.5) is 5.69 Å². The van der Waals surface area contributed by atoms with Gasteiger partial charge in [0, 0.05) is 11.5 Å². The summed E-state index contributed by atoms with van der Waals surface area (Å²) in [6, 6.07) is 10.3. The van der Waals surface area contributed by atoms with E-state index in [4.69, 9.17) is 14.2 Å². The molecule has 162 valence electrons. The fourth-order valence-electron chi connectivity index (χ4n) is 3.00. The van der Waals surface area contributed by atoms with Crippen molar-refractivity contribution in [3.63, 3.8) is 0 Å². The maximum absolute atomic E-state index is 12.9. The molecule has 8 nitrogen and oxygen atoms in total. The smallest absolute Gasteiger partial charge is 0.344 e. The number of aromatic nitrogens is 1. The van der Waals surface area contributed by atoms with Crippen molar-refractivity contribution in [3.05, 3.63) is 57.7 Å². The van der Waals surface area contributed by atoms with Gasteiger partial charge < -0.3 is 24.5 Å². The van der Waals surface area contributed by atoms with Crippen LogP contribution in [0.2, 0.25) is 0 Å². The second kappa shape index (κ2) is 9.57. The monoisotopic (exact) mass is 442 g/mol. The second-order valence-electron chi connectivity index (χ2n) is 6.60. The van der Waals surface area contributed by atoms with Crippen molar-refractivity contribution in [2.75, 3.05) is 32.4 Å². The van der Waals surface area contributed by atoms with Gasteiger partial charge in [-0.05, 0) is 31.2 Å². The van der Waals surface area contributed by atoms with Gasteiger partial charge in [-0.15, -0.1) is 0 Å². The number of carbonyl (C=O) groups is 2. The molecule has 2 N–H and O–H groups in total. The molecule has 0 aliphatic carbocycles. The Hall–Kier alpha value is -3.46. The zero-order chi connectivity index (χ0) is 22.5. The molecule has 31 heavy (non-hydrogen) atoms. The highest BCUT2D eigenvalue weighted by molar-refractivity contribution is 8.00. The van der Waals surface area contributed by atoms with E-state index >= 15 is 0 Å². The summed E-state index contributed by atoms with van der Waals surface area (Å²) in [7, 11) is 4.23. The molecule has 3 aromatic rings. The first-order valence-electron chi connectivity index (χ1n) is 9.27. The van der Waals surface area contributed by atoms with Crippen molar-refractivity contribution in [1.29, 1.82) is 0 Å². The number of anilines is 1. The standard InChI is InChI=1S/C22H22N2O6S/c1-12-5-7-15-14(9-12)20(26)19(22(27)30-4)21(24-15)31-11-18(25)23-16-8-6-13(28-2)10-17(16)29-3/h5-10H,11H2,1-4H3,(H,23,25)(H,24,26). The van der Waals surface area contributed by atoms with E-state index in [-0.39, 0.29) is 22.2 Å². The van der Waals surface area contributed by atoms with Crippen LogP contribution in [0.15, 0.2) is 46.2 Å². The van der Waals surface area contributed by atoms with Gasteiger partial charge in [0.2, 0.25) is 11.3 Å². The summed E-state index contributed by atoms with van der Waals surface area (Å²) >= 11 is 1.04. The van der Waals surface area contributed by atoms with Crippen LogP contribution < -0.4 is 20.2 Å². The van der Waals surface area contributed by atoms with Gasteiger partial charge in [-0.25, -0.2) is 4.79 Å². The number of methoxy groups -OCH3 is 3. The normalized spacial score (nSPS) is 10.6. The Morgan fingerprint density at radius 2 is 1.84 bits per heavy atom. The number of pyridine rings is 1. The lowest BCUT2D eigenvalue weighted by molar-refractivity contribution is -0.113. The summed E-state index contributed by atoms with van der Waals surface area (Å²) in [6.45, 7) is 1.86. The lowest BCUT2D eigenvalue weighted by Gasteiger charge is -2.12. The van der Waals surface area contributed by atoms with Crippen LogP contribution in [0.1, 0.15) is 15.9 Å². The minimum absolute atomic E-state index is 0.0491. The zero-order valence-corrected chi connectivity index (χ0v) is 18.3. The number of nitrogens with one attached hydrogen (secondary N) is 2. The molecular formula is C22H22N2O6S. The average molecular weight is 442 g/mol. The maximum Gasteiger partial charge on any atom is 0.344 e. The van der Waals surface area contributed by atoms with E-state index in [0.29, 0.717) is 28.1 Å². The SMILES string of the molecule is COC(=O)c1c(SCC(=O)Nc2ccc(OC)cc2OC)[nH]c2ccc(C)cc2c1=O. The Balaban J connectivity index is 1.86. The average Bonchev–Trinajstić information content (AvgIpc) is 2.78. The number of fused-ring (bicyclic) bond motifs is 1. The van der Waals surface area contributed by atoms with Gasteiger partial charge >= 0.3 is 5.97 Å². The summed E-state index contributed by atoms with van der Waals surface area (Å²) in [5, 5.41) is 3.41. The number of hydrogen-bond donors (Lipinski definition) is 2. The minimum Gasteiger partial charge on any atom is -0.497 e. The van der Waals surface area contributed by atoms with Gasteiger partial charge in [-0.2, -0.15) is 0 Å². The first-order chi connectivity index (χ1) is 14.9. The molecule has 0 atom stereocenters. The number of thioether (sulfide) groups is 1. The molecule has 9 heteroatoms. The molecule has 0 saturated carbocycles. The number of benzene rings is 2. The first-order valence-corrected chi connectivity index (χ1v) is 10.3. The summed E-state index contributed by atoms with van der Waals surface area (Å²) in [6.07, 6.45) is 0. The summed E-state index contributed by atoms with van der Waals surface area (Å²) in [5.41, 5.74) is 1.37. The second-order valence-corrected chi connectivity index (χ2v) is 7.59. The Bertz CT molecular complexity index is 1200. The minimum atomic E-state index is -0.760. The zero-order valence-electron chi connectivity index (χ0n) is 17.5. The largest absolute Gasteiger partial charge is 0.497 e. The van der Waals surface area contributed by atoms with E-state index in [9.17, 15) is 14.4 Å². The van der Waals surface area contributed by atoms with Crippen LogP contribution in [0.3, 0.4) is 0 Å². The number of carbonyl (C=O) groups excluding carboxylic acids is 2. The third-order valence-electron chi connectivity index (χ3n) is 4.54. The van der Waals surface area contributed by atoms with Crippen molar-refractivity contribution >= 4 is 40.2 Å². The molecule has 1 amide bonds. The molecule has 0 aliphatic rings. The van der Waals surface area contributed by atoms with Crippen molar-refractivity contribution in [1.82, 2.24) is 4.98 Å². The van der Waals surface area contributed by atoms with Gasteiger partial charge in [0.25, 0.3) is 0 Å². The van der Waals surface area contributed by atoms with E-state index in [1.54, 1.807) is 30.3 Å². The molecule has 0 saturated heterocycles. The Morgan fingerprint density at radius 1 is 1.06 bits per heavy atom. The van der Waals surface area contributed by atoms with Crippen molar-refractivity contribution in [3.8, 4) is 11.5 Å². The summed E-state index contributed by atoms with van der Waals surface area (Å²) < 4.78 is 15.2. The van der Waals surface area contributed by atoms with Crippen molar-refractivity contribution in [2.45, 2.75) is 11.9 Å². The number of aromatic amines is 1. The fourth-order valence-corrected chi connectivity index (χ4v) is 3.85. The third kappa shape index (κ3) is 4.83. The number of rotatable bonds is 7. The number of hydrogen-bond acceptors (Lipinski definition) is 7. The quantitative estimate of drug-likeness (QED) is 0.427. The topological polar surface area (TPSA) is 107 Å². The molecule has 2 aromatic carbocycles. The van der Waals surface area contributed by atoms with Crippen LogP contribution in [-0.2, 0) is 9.53 Å². The van der Waals surface area contributed by atoms with Crippen LogP contribution in [0, 0.1) is 6.92 Å². The van der Waals surface area contributed by atoms with E-state index < -0.39 is 11.4 Å². The highest BCUT2D eigenvalue weighted by Crippen LogP contribution is 2.29. The van der Waals surface area contributed by atoms with Gasteiger partial charge in [-0.3, -0.25) is 9.59 Å². The number of H-pyrrole nitrogens is 1. The molecule has 1 aromatic heterocycles. The maximum atomic E-state index is 12.9. The van der Waals surface area contributed by atoms with E-state index in [1.807, 2.05) is 13.0 Å². The summed E-state index contributed by atoms with van der Waals surface area (Å²) in [4.78, 5) is 40.8. The van der Waals surface area contributed by atoms with Crippen LogP contribution in [0.5, 0.6) is 11.5 Å². The molecule has 0 unspecified atom stereocenters. The Labute approximate surface area is 182 Å². The predicted octanol–water partition coefficient (Wildman–Crippen LogP) is 3.37. The molecule has 0 fully saturated rings. The molecule has 0 bridgehead atoms. The molecule has 0 spiro atoms. The number of ether oxygens (including phenoxy) is 3. The Kier molecular flexibility index (Phi) is 6.86. The molecule has 1 heterocycles. The van der Waals surface area contributed by atoms with Crippen LogP contribution >= 0.6 is 11.8 Å². The van der Waals surface area contributed by atoms with E-state index in [1.165, 1.54) is 21.3 Å². The van der Waals surface area contributed by atoms with Crippen molar-refractivity contribution < 1.29 is 23.8 Å². The molecule has 0 aliphatic heterocycles. The first kappa shape index (κ1) is 22.2. The molecule has 3 rings (SSSR count). The highest BCUT2D eigenvalue weighted by Gasteiger charge is 2.21. The molecular weight excluding hydrogens is 420 g/mol. The van der Waals surface area contributed by atoms with Gasteiger partial charge in [0.1, 0.15) is 17.1 Å². The molecule has 0 radical (unpaired) electrons. The third-order valence-corrected chi connectivity index (χ3v) is 5.54. The highest BCUT2D eigenvalue weighted by atomic mass is 32.2. The Morgan fingerprint density at radius 3 is 2.52 bits per heavy atom. The predicted molar refractivity (Wildman–Crippen MR) is 120 cm³/mol. The van der Waals surface area contributed by atoms with Crippen molar-refractivity contribution in [2.24, 2.45) is 0 Å². The van der Waals surface area contributed by atoms with Gasteiger partial charge in [-0.1, -0.05) is 23.4 Å². The summed E-state index contributed by atoms with van der Waals surface area (Å²) in [5.74, 6) is -0.108. The number of aryl methyl sites for hydroxylation is 1. The van der Waals surface area contributed by atoms with Crippen LogP contribution in [0.25, 0.3) is 10.9 Å².